The van der Waals surface area contributed by atoms with Gasteiger partial charge in [0.25, 0.3) is 0 Å². The quantitative estimate of drug-likeness (QED) is 0.919. The van der Waals surface area contributed by atoms with Gasteiger partial charge in [0, 0.05) is 10.5 Å². The second-order valence-electron chi connectivity index (χ2n) is 2.75. The van der Waals surface area contributed by atoms with Gasteiger partial charge in [-0.25, -0.2) is 9.18 Å². The molecule has 0 aromatic heterocycles. The zero-order chi connectivity index (χ0) is 11.4. The van der Waals surface area contributed by atoms with Crippen LogP contribution in [0.2, 0.25) is 0 Å². The Kier molecular flexibility index (Phi) is 3.85. The van der Waals surface area contributed by atoms with Crippen LogP contribution in [0.1, 0.15) is 10.4 Å². The van der Waals surface area contributed by atoms with E-state index in [0.29, 0.717) is 4.48 Å². The fourth-order valence-corrected chi connectivity index (χ4v) is 1.04. The standard InChI is InChI=1S/C10H8BrFO3/c1-6(11)5-15-7-2-3-8(10(13)14)9(12)4-7/h2-4H,1,5H2,(H,13,14). The summed E-state index contributed by atoms with van der Waals surface area (Å²) in [6.07, 6.45) is 0. The average Bonchev–Trinajstić information content (AvgIpc) is 2.14. The fraction of sp³-hybridized carbons (Fsp3) is 0.100. The third-order valence-corrected chi connectivity index (χ3v) is 1.80. The first kappa shape index (κ1) is 11.7. The summed E-state index contributed by atoms with van der Waals surface area (Å²) in [4.78, 5) is 10.5. The average molecular weight is 275 g/mol. The van der Waals surface area contributed by atoms with E-state index < -0.39 is 11.8 Å². The molecule has 5 heteroatoms. The molecule has 0 unspecified atom stereocenters. The molecule has 1 aromatic rings. The summed E-state index contributed by atoms with van der Waals surface area (Å²) in [6, 6.07) is 3.58. The van der Waals surface area contributed by atoms with Crippen LogP contribution in [0.3, 0.4) is 0 Å². The first-order valence-corrected chi connectivity index (χ1v) is 4.79. The van der Waals surface area contributed by atoms with Crippen LogP contribution in [-0.2, 0) is 0 Å². The van der Waals surface area contributed by atoms with Crippen molar-refractivity contribution in [1.82, 2.24) is 0 Å². The van der Waals surface area contributed by atoms with Gasteiger partial charge in [0.2, 0.25) is 0 Å². The predicted molar refractivity (Wildman–Crippen MR) is 56.9 cm³/mol. The first-order valence-electron chi connectivity index (χ1n) is 3.99. The Hall–Kier alpha value is -1.36. The second kappa shape index (κ2) is 4.93. The maximum Gasteiger partial charge on any atom is 0.338 e. The van der Waals surface area contributed by atoms with E-state index in [-0.39, 0.29) is 17.9 Å². The number of ether oxygens (including phenoxy) is 1. The van der Waals surface area contributed by atoms with E-state index in [4.69, 9.17) is 9.84 Å². The molecular weight excluding hydrogens is 267 g/mol. The molecule has 0 atom stereocenters. The van der Waals surface area contributed by atoms with Crippen molar-refractivity contribution in [2.45, 2.75) is 0 Å². The molecular formula is C10H8BrFO3. The molecule has 0 aliphatic rings. The number of hydrogen-bond acceptors (Lipinski definition) is 2. The lowest BCUT2D eigenvalue weighted by atomic mass is 10.2. The van der Waals surface area contributed by atoms with E-state index in [1.807, 2.05) is 0 Å². The van der Waals surface area contributed by atoms with Crippen LogP contribution >= 0.6 is 15.9 Å². The first-order chi connectivity index (χ1) is 7.00. The molecule has 15 heavy (non-hydrogen) atoms. The summed E-state index contributed by atoms with van der Waals surface area (Å²) in [5.41, 5.74) is -0.375. The van der Waals surface area contributed by atoms with Crippen molar-refractivity contribution in [3.63, 3.8) is 0 Å². The Morgan fingerprint density at radius 2 is 2.27 bits per heavy atom. The molecule has 80 valence electrons. The Labute approximate surface area is 94.3 Å². The number of hydrogen-bond donors (Lipinski definition) is 1. The molecule has 1 rings (SSSR count). The summed E-state index contributed by atoms with van der Waals surface area (Å²) < 4.78 is 18.8. The highest BCUT2D eigenvalue weighted by molar-refractivity contribution is 9.11. The summed E-state index contributed by atoms with van der Waals surface area (Å²) in [7, 11) is 0. The topological polar surface area (TPSA) is 46.5 Å². The van der Waals surface area contributed by atoms with Gasteiger partial charge >= 0.3 is 5.97 Å². The lowest BCUT2D eigenvalue weighted by Crippen LogP contribution is -2.02. The summed E-state index contributed by atoms with van der Waals surface area (Å²) in [6.45, 7) is 3.74. The van der Waals surface area contributed by atoms with Crippen molar-refractivity contribution in [2.75, 3.05) is 6.61 Å². The number of aromatic carboxylic acids is 1. The van der Waals surface area contributed by atoms with Crippen molar-refractivity contribution in [3.8, 4) is 5.75 Å². The molecule has 1 aromatic carbocycles. The van der Waals surface area contributed by atoms with Crippen LogP contribution in [0.4, 0.5) is 4.39 Å². The van der Waals surface area contributed by atoms with Gasteiger partial charge in [0.15, 0.2) is 0 Å². The number of rotatable bonds is 4. The minimum absolute atomic E-state index is 0.200. The number of halogens is 2. The summed E-state index contributed by atoms with van der Waals surface area (Å²) >= 11 is 3.08. The fourth-order valence-electron chi connectivity index (χ4n) is 0.921. The molecule has 0 heterocycles. The maximum absolute atomic E-state index is 13.1. The predicted octanol–water partition coefficient (Wildman–Crippen LogP) is 2.81. The molecule has 0 aliphatic carbocycles. The molecule has 0 spiro atoms. The van der Waals surface area contributed by atoms with E-state index in [0.717, 1.165) is 12.1 Å². The molecule has 0 aliphatic heterocycles. The third kappa shape index (κ3) is 3.36. The van der Waals surface area contributed by atoms with Crippen LogP contribution < -0.4 is 4.74 Å². The Morgan fingerprint density at radius 3 is 2.73 bits per heavy atom. The molecule has 3 nitrogen and oxygen atoms in total. The Bertz CT molecular complexity index is 404. The molecule has 0 bridgehead atoms. The molecule has 0 radical (unpaired) electrons. The molecule has 0 amide bonds. The lowest BCUT2D eigenvalue weighted by Gasteiger charge is -2.05. The summed E-state index contributed by atoms with van der Waals surface area (Å²) in [5, 5.41) is 8.57. The van der Waals surface area contributed by atoms with Gasteiger partial charge in [-0.05, 0) is 12.1 Å². The van der Waals surface area contributed by atoms with Crippen LogP contribution in [0.15, 0.2) is 29.3 Å². The molecule has 0 saturated heterocycles. The SMILES string of the molecule is C=C(Br)COc1ccc(C(=O)O)c(F)c1. The highest BCUT2D eigenvalue weighted by Gasteiger charge is 2.10. The highest BCUT2D eigenvalue weighted by Crippen LogP contribution is 2.17. The van der Waals surface area contributed by atoms with Gasteiger partial charge in [-0.1, -0.05) is 22.5 Å². The van der Waals surface area contributed by atoms with Crippen molar-refractivity contribution in [2.24, 2.45) is 0 Å². The van der Waals surface area contributed by atoms with Crippen LogP contribution in [-0.4, -0.2) is 17.7 Å². The smallest absolute Gasteiger partial charge is 0.338 e. The molecule has 0 saturated carbocycles. The Balaban J connectivity index is 2.82. The zero-order valence-electron chi connectivity index (χ0n) is 7.67. The van der Waals surface area contributed by atoms with E-state index >= 15 is 0 Å². The van der Waals surface area contributed by atoms with Crippen LogP contribution in [0.5, 0.6) is 5.75 Å². The van der Waals surface area contributed by atoms with Gasteiger partial charge in [-0.3, -0.25) is 0 Å². The van der Waals surface area contributed by atoms with Gasteiger partial charge in [-0.15, -0.1) is 0 Å². The number of benzene rings is 1. The highest BCUT2D eigenvalue weighted by atomic mass is 79.9. The Morgan fingerprint density at radius 1 is 1.60 bits per heavy atom. The molecule has 0 fully saturated rings. The van der Waals surface area contributed by atoms with Crippen LogP contribution in [0.25, 0.3) is 0 Å². The van der Waals surface area contributed by atoms with Gasteiger partial charge < -0.3 is 9.84 Å². The summed E-state index contributed by atoms with van der Waals surface area (Å²) in [5.74, 6) is -1.86. The largest absolute Gasteiger partial charge is 0.488 e. The van der Waals surface area contributed by atoms with Crippen molar-refractivity contribution >= 4 is 21.9 Å². The number of carboxylic acids is 1. The van der Waals surface area contributed by atoms with E-state index in [9.17, 15) is 9.18 Å². The molecule has 1 N–H and O–H groups in total. The van der Waals surface area contributed by atoms with Crippen LogP contribution in [0, 0.1) is 5.82 Å². The normalized spacial score (nSPS) is 9.73. The van der Waals surface area contributed by atoms with Gasteiger partial charge in [0.1, 0.15) is 18.2 Å². The number of carboxylic acid groups (broad SMARTS) is 1. The van der Waals surface area contributed by atoms with E-state index in [1.54, 1.807) is 0 Å². The van der Waals surface area contributed by atoms with Crippen molar-refractivity contribution in [1.29, 1.82) is 0 Å². The minimum Gasteiger partial charge on any atom is -0.488 e. The van der Waals surface area contributed by atoms with E-state index in [2.05, 4.69) is 22.5 Å². The zero-order valence-corrected chi connectivity index (χ0v) is 9.25. The number of carbonyl (C=O) groups is 1. The minimum atomic E-state index is -1.30. The monoisotopic (exact) mass is 274 g/mol. The van der Waals surface area contributed by atoms with E-state index in [1.165, 1.54) is 6.07 Å². The van der Waals surface area contributed by atoms with Gasteiger partial charge in [0.05, 0.1) is 5.56 Å². The second-order valence-corrected chi connectivity index (χ2v) is 3.87. The maximum atomic E-state index is 13.1. The van der Waals surface area contributed by atoms with Crippen molar-refractivity contribution in [3.05, 3.63) is 40.6 Å². The third-order valence-electron chi connectivity index (χ3n) is 1.57. The van der Waals surface area contributed by atoms with Crippen molar-refractivity contribution < 1.29 is 19.0 Å². The van der Waals surface area contributed by atoms with Gasteiger partial charge in [-0.2, -0.15) is 0 Å². The lowest BCUT2D eigenvalue weighted by molar-refractivity contribution is 0.0692.